The second-order valence-electron chi connectivity index (χ2n) is 4.46. The maximum Gasteiger partial charge on any atom is 0.0349 e. The van der Waals surface area contributed by atoms with Crippen LogP contribution < -0.4 is 5.73 Å². The van der Waals surface area contributed by atoms with E-state index in [1.807, 2.05) is 0 Å². The summed E-state index contributed by atoms with van der Waals surface area (Å²) < 4.78 is 0. The minimum absolute atomic E-state index is 0.0646. The number of thiophene rings is 1. The van der Waals surface area contributed by atoms with Crippen molar-refractivity contribution in [3.63, 3.8) is 0 Å². The molecule has 0 bridgehead atoms. The molecular formula is C16H15NS. The van der Waals surface area contributed by atoms with Gasteiger partial charge in [-0.05, 0) is 27.8 Å². The van der Waals surface area contributed by atoms with E-state index in [-0.39, 0.29) is 6.04 Å². The van der Waals surface area contributed by atoms with Crippen LogP contribution in [0.4, 0.5) is 0 Å². The van der Waals surface area contributed by atoms with E-state index in [9.17, 15) is 0 Å². The van der Waals surface area contributed by atoms with Gasteiger partial charge < -0.3 is 5.73 Å². The van der Waals surface area contributed by atoms with E-state index in [0.717, 1.165) is 6.42 Å². The Morgan fingerprint density at radius 2 is 1.78 bits per heavy atom. The Bertz CT molecular complexity index is 638. The molecule has 0 spiro atoms. The van der Waals surface area contributed by atoms with E-state index in [2.05, 4.69) is 60.0 Å². The van der Waals surface area contributed by atoms with Crippen LogP contribution in [0.5, 0.6) is 0 Å². The third-order valence-corrected chi connectivity index (χ3v) is 4.12. The van der Waals surface area contributed by atoms with Gasteiger partial charge in [0.15, 0.2) is 0 Å². The first-order valence-corrected chi connectivity index (χ1v) is 6.98. The fraction of sp³-hybridized carbons (Fsp3) is 0.125. The number of rotatable bonds is 3. The summed E-state index contributed by atoms with van der Waals surface area (Å²) in [6.45, 7) is 0. The third-order valence-electron chi connectivity index (χ3n) is 3.22. The maximum atomic E-state index is 6.36. The van der Waals surface area contributed by atoms with E-state index in [4.69, 9.17) is 5.73 Å². The standard InChI is InChI=1S/C16H15NS/c17-16(11-13-7-4-10-18-13)15-9-3-6-12-5-1-2-8-14(12)15/h1-10,16H,11,17H2. The molecular weight excluding hydrogens is 238 g/mol. The average Bonchev–Trinajstić information content (AvgIpc) is 2.91. The van der Waals surface area contributed by atoms with Crippen molar-refractivity contribution >= 4 is 22.1 Å². The molecule has 0 aliphatic carbocycles. The van der Waals surface area contributed by atoms with Crippen molar-refractivity contribution in [1.82, 2.24) is 0 Å². The lowest BCUT2D eigenvalue weighted by molar-refractivity contribution is 0.736. The summed E-state index contributed by atoms with van der Waals surface area (Å²) >= 11 is 1.77. The van der Waals surface area contributed by atoms with Crippen LogP contribution in [0, 0.1) is 0 Å². The van der Waals surface area contributed by atoms with Gasteiger partial charge in [-0.2, -0.15) is 0 Å². The number of nitrogens with two attached hydrogens (primary N) is 1. The highest BCUT2D eigenvalue weighted by molar-refractivity contribution is 7.09. The fourth-order valence-electron chi connectivity index (χ4n) is 2.33. The van der Waals surface area contributed by atoms with Gasteiger partial charge in [-0.1, -0.05) is 48.5 Å². The molecule has 1 nitrogen and oxygen atoms in total. The van der Waals surface area contributed by atoms with Crippen LogP contribution in [0.15, 0.2) is 60.0 Å². The second kappa shape index (κ2) is 4.92. The predicted octanol–water partition coefficient (Wildman–Crippen LogP) is 4.14. The van der Waals surface area contributed by atoms with Crippen LogP contribution in [-0.2, 0) is 6.42 Å². The van der Waals surface area contributed by atoms with Crippen molar-refractivity contribution in [2.24, 2.45) is 5.73 Å². The topological polar surface area (TPSA) is 26.0 Å². The van der Waals surface area contributed by atoms with E-state index in [1.165, 1.54) is 21.2 Å². The molecule has 1 heterocycles. The van der Waals surface area contributed by atoms with Gasteiger partial charge >= 0.3 is 0 Å². The maximum absolute atomic E-state index is 6.36. The highest BCUT2D eigenvalue weighted by Gasteiger charge is 2.10. The third kappa shape index (κ3) is 2.17. The molecule has 3 aromatic rings. The van der Waals surface area contributed by atoms with Crippen LogP contribution in [0.2, 0.25) is 0 Å². The largest absolute Gasteiger partial charge is 0.324 e. The quantitative estimate of drug-likeness (QED) is 0.745. The van der Waals surface area contributed by atoms with Crippen molar-refractivity contribution in [2.75, 3.05) is 0 Å². The van der Waals surface area contributed by atoms with Crippen LogP contribution in [0.25, 0.3) is 10.8 Å². The van der Waals surface area contributed by atoms with Crippen LogP contribution in [-0.4, -0.2) is 0 Å². The SMILES string of the molecule is NC(Cc1cccs1)c1cccc2ccccc12. The molecule has 2 aromatic carbocycles. The molecule has 0 fully saturated rings. The minimum atomic E-state index is 0.0646. The predicted molar refractivity (Wildman–Crippen MR) is 78.9 cm³/mol. The lowest BCUT2D eigenvalue weighted by atomic mass is 9.97. The van der Waals surface area contributed by atoms with Gasteiger partial charge in [0.1, 0.15) is 0 Å². The zero-order chi connectivity index (χ0) is 12.4. The van der Waals surface area contributed by atoms with Crippen LogP contribution in [0.3, 0.4) is 0 Å². The molecule has 0 saturated heterocycles. The first-order valence-electron chi connectivity index (χ1n) is 6.10. The van der Waals surface area contributed by atoms with Gasteiger partial charge in [-0.15, -0.1) is 11.3 Å². The normalized spacial score (nSPS) is 12.7. The molecule has 3 rings (SSSR count). The summed E-state index contributed by atoms with van der Waals surface area (Å²) in [5.41, 5.74) is 7.60. The lowest BCUT2D eigenvalue weighted by Gasteiger charge is -2.13. The van der Waals surface area contributed by atoms with Crippen molar-refractivity contribution in [3.05, 3.63) is 70.4 Å². The Hall–Kier alpha value is -1.64. The van der Waals surface area contributed by atoms with E-state index in [1.54, 1.807) is 11.3 Å². The van der Waals surface area contributed by atoms with Gasteiger partial charge in [0, 0.05) is 17.3 Å². The molecule has 0 amide bonds. The highest BCUT2D eigenvalue weighted by atomic mass is 32.1. The van der Waals surface area contributed by atoms with Crippen molar-refractivity contribution in [1.29, 1.82) is 0 Å². The van der Waals surface area contributed by atoms with Gasteiger partial charge in [-0.3, -0.25) is 0 Å². The summed E-state index contributed by atoms with van der Waals surface area (Å²) in [4.78, 5) is 1.34. The van der Waals surface area contributed by atoms with Crippen LogP contribution in [0.1, 0.15) is 16.5 Å². The number of fused-ring (bicyclic) bond motifs is 1. The monoisotopic (exact) mass is 253 g/mol. The van der Waals surface area contributed by atoms with Crippen molar-refractivity contribution < 1.29 is 0 Å². The Kier molecular flexibility index (Phi) is 3.13. The first-order chi connectivity index (χ1) is 8.84. The molecule has 2 heteroatoms. The molecule has 1 aromatic heterocycles. The molecule has 0 radical (unpaired) electrons. The molecule has 2 N–H and O–H groups in total. The number of benzene rings is 2. The molecule has 90 valence electrons. The average molecular weight is 253 g/mol. The Balaban J connectivity index is 1.98. The van der Waals surface area contributed by atoms with Crippen LogP contribution >= 0.6 is 11.3 Å². The number of hydrogen-bond donors (Lipinski definition) is 1. The van der Waals surface area contributed by atoms with E-state index < -0.39 is 0 Å². The van der Waals surface area contributed by atoms with Gasteiger partial charge in [-0.25, -0.2) is 0 Å². The highest BCUT2D eigenvalue weighted by Crippen LogP contribution is 2.26. The Labute approximate surface area is 111 Å². The molecule has 1 unspecified atom stereocenters. The molecule has 0 aliphatic heterocycles. The smallest absolute Gasteiger partial charge is 0.0349 e. The zero-order valence-corrected chi connectivity index (χ0v) is 10.9. The fourth-order valence-corrected chi connectivity index (χ4v) is 3.09. The molecule has 0 aliphatic rings. The van der Waals surface area contributed by atoms with Gasteiger partial charge in [0.2, 0.25) is 0 Å². The second-order valence-corrected chi connectivity index (χ2v) is 5.49. The van der Waals surface area contributed by atoms with E-state index in [0.29, 0.717) is 0 Å². The summed E-state index contributed by atoms with van der Waals surface area (Å²) in [5, 5.41) is 4.63. The molecule has 18 heavy (non-hydrogen) atoms. The molecule has 0 saturated carbocycles. The van der Waals surface area contributed by atoms with E-state index >= 15 is 0 Å². The van der Waals surface area contributed by atoms with Gasteiger partial charge in [0.25, 0.3) is 0 Å². The lowest BCUT2D eigenvalue weighted by Crippen LogP contribution is -2.13. The first kappa shape index (κ1) is 11.5. The number of hydrogen-bond acceptors (Lipinski definition) is 2. The van der Waals surface area contributed by atoms with Crippen molar-refractivity contribution in [2.45, 2.75) is 12.5 Å². The summed E-state index contributed by atoms with van der Waals surface area (Å²) in [5.74, 6) is 0. The zero-order valence-electron chi connectivity index (χ0n) is 10.0. The Morgan fingerprint density at radius 3 is 2.61 bits per heavy atom. The minimum Gasteiger partial charge on any atom is -0.324 e. The van der Waals surface area contributed by atoms with Gasteiger partial charge in [0.05, 0.1) is 0 Å². The Morgan fingerprint density at radius 1 is 0.944 bits per heavy atom. The summed E-state index contributed by atoms with van der Waals surface area (Å²) in [6.07, 6.45) is 0.908. The van der Waals surface area contributed by atoms with Crippen molar-refractivity contribution in [3.8, 4) is 0 Å². The summed E-state index contributed by atoms with van der Waals surface area (Å²) in [7, 11) is 0. The molecule has 1 atom stereocenters. The summed E-state index contributed by atoms with van der Waals surface area (Å²) in [6, 6.07) is 19.1.